The fourth-order valence-corrected chi connectivity index (χ4v) is 5.27. The molecular formula is C28H34N4O3. The standard InChI is InChI=1S/C28H34N4O3/c1-16(2)25(26(29)34)31-27(35)28(32-24(33)14-19-12-17(3)11-18(4)13-19)10-9-23-21(15-28)20-7-5-6-8-22(20)30-23/h5-8,11-13,16,25,30H,9-10,14-15H2,1-4H3,(H2,29,34)(H,31,35)(H,32,33)/t25-,28+/m0/s1. The monoisotopic (exact) mass is 474 g/mol. The number of aryl methyl sites for hydroxylation is 3. The van der Waals surface area contributed by atoms with Crippen LogP contribution < -0.4 is 16.4 Å². The molecule has 0 fully saturated rings. The van der Waals surface area contributed by atoms with Crippen molar-refractivity contribution in [2.45, 2.75) is 65.0 Å². The summed E-state index contributed by atoms with van der Waals surface area (Å²) in [4.78, 5) is 42.5. The molecule has 2 aromatic carbocycles. The van der Waals surface area contributed by atoms with Crippen molar-refractivity contribution < 1.29 is 14.4 Å². The normalized spacial score (nSPS) is 18.2. The van der Waals surface area contributed by atoms with Crippen LogP contribution in [0.1, 0.15) is 48.2 Å². The number of carbonyl (C=O) groups is 3. The van der Waals surface area contributed by atoms with Gasteiger partial charge in [-0.05, 0) is 49.8 Å². The highest BCUT2D eigenvalue weighted by atomic mass is 16.2. The van der Waals surface area contributed by atoms with Crippen LogP contribution in [0.2, 0.25) is 0 Å². The SMILES string of the molecule is Cc1cc(C)cc(CC(=O)N[C@]2(C(=O)N[C@H](C(N)=O)C(C)C)CCc3[nH]c4ccccc4c3C2)c1. The summed E-state index contributed by atoms with van der Waals surface area (Å²) in [5, 5.41) is 6.97. The van der Waals surface area contributed by atoms with E-state index in [2.05, 4.69) is 21.7 Å². The lowest BCUT2D eigenvalue weighted by molar-refractivity contribution is -0.136. The fraction of sp³-hybridized carbons (Fsp3) is 0.393. The number of primary amides is 1. The lowest BCUT2D eigenvalue weighted by Gasteiger charge is -2.38. The van der Waals surface area contributed by atoms with Crippen LogP contribution in [0.4, 0.5) is 0 Å². The Balaban J connectivity index is 1.67. The number of amides is 3. The van der Waals surface area contributed by atoms with Crippen molar-refractivity contribution in [3.05, 3.63) is 70.4 Å². The summed E-state index contributed by atoms with van der Waals surface area (Å²) in [6.45, 7) is 7.66. The smallest absolute Gasteiger partial charge is 0.246 e. The predicted octanol–water partition coefficient (Wildman–Crippen LogP) is 3.00. The first kappa shape index (κ1) is 24.5. The summed E-state index contributed by atoms with van der Waals surface area (Å²) in [5.41, 5.74) is 10.6. The number of H-pyrrole nitrogens is 1. The zero-order valence-corrected chi connectivity index (χ0v) is 20.8. The van der Waals surface area contributed by atoms with Gasteiger partial charge in [-0.15, -0.1) is 0 Å². The van der Waals surface area contributed by atoms with Crippen molar-refractivity contribution in [1.82, 2.24) is 15.6 Å². The van der Waals surface area contributed by atoms with Gasteiger partial charge < -0.3 is 21.4 Å². The molecule has 3 amide bonds. The zero-order valence-electron chi connectivity index (χ0n) is 20.8. The molecule has 1 aromatic heterocycles. The Morgan fingerprint density at radius 3 is 2.43 bits per heavy atom. The molecular weight excluding hydrogens is 440 g/mol. The highest BCUT2D eigenvalue weighted by Crippen LogP contribution is 2.34. The number of nitrogens with one attached hydrogen (secondary N) is 3. The molecule has 0 saturated carbocycles. The van der Waals surface area contributed by atoms with E-state index in [1.165, 1.54) is 0 Å². The molecule has 2 atom stereocenters. The Labute approximate surface area is 205 Å². The van der Waals surface area contributed by atoms with E-state index in [4.69, 9.17) is 5.73 Å². The lowest BCUT2D eigenvalue weighted by atomic mass is 9.78. The third kappa shape index (κ3) is 5.09. The molecule has 1 aliphatic carbocycles. The van der Waals surface area contributed by atoms with E-state index in [-0.39, 0.29) is 24.2 Å². The molecule has 7 nitrogen and oxygen atoms in total. The van der Waals surface area contributed by atoms with E-state index >= 15 is 0 Å². The highest BCUT2D eigenvalue weighted by molar-refractivity contribution is 5.97. The van der Waals surface area contributed by atoms with Gasteiger partial charge in [0, 0.05) is 23.0 Å². The second-order valence-electron chi connectivity index (χ2n) is 10.2. The maximum absolute atomic E-state index is 13.8. The van der Waals surface area contributed by atoms with E-state index < -0.39 is 17.5 Å². The second-order valence-corrected chi connectivity index (χ2v) is 10.2. The van der Waals surface area contributed by atoms with Gasteiger partial charge in [0.2, 0.25) is 17.7 Å². The molecule has 0 aliphatic heterocycles. The van der Waals surface area contributed by atoms with Crippen LogP contribution in [0.25, 0.3) is 10.9 Å². The van der Waals surface area contributed by atoms with Gasteiger partial charge in [-0.2, -0.15) is 0 Å². The molecule has 0 spiro atoms. The number of aromatic amines is 1. The summed E-state index contributed by atoms with van der Waals surface area (Å²) in [6, 6.07) is 13.2. The number of fused-ring (bicyclic) bond motifs is 3. The topological polar surface area (TPSA) is 117 Å². The minimum absolute atomic E-state index is 0.168. The van der Waals surface area contributed by atoms with Crippen molar-refractivity contribution in [3.63, 3.8) is 0 Å². The van der Waals surface area contributed by atoms with Crippen LogP contribution in [0.5, 0.6) is 0 Å². The summed E-state index contributed by atoms with van der Waals surface area (Å²) in [7, 11) is 0. The molecule has 0 unspecified atom stereocenters. The van der Waals surface area contributed by atoms with Gasteiger partial charge in [0.15, 0.2) is 0 Å². The Morgan fingerprint density at radius 2 is 1.77 bits per heavy atom. The predicted molar refractivity (Wildman–Crippen MR) is 137 cm³/mol. The Hall–Kier alpha value is -3.61. The quantitative estimate of drug-likeness (QED) is 0.422. The molecule has 5 N–H and O–H groups in total. The van der Waals surface area contributed by atoms with Crippen molar-refractivity contribution >= 4 is 28.6 Å². The molecule has 35 heavy (non-hydrogen) atoms. The molecule has 0 bridgehead atoms. The largest absolute Gasteiger partial charge is 0.368 e. The molecule has 7 heteroatoms. The maximum Gasteiger partial charge on any atom is 0.246 e. The van der Waals surface area contributed by atoms with Crippen molar-refractivity contribution in [2.24, 2.45) is 11.7 Å². The first-order valence-corrected chi connectivity index (χ1v) is 12.1. The van der Waals surface area contributed by atoms with Gasteiger partial charge >= 0.3 is 0 Å². The van der Waals surface area contributed by atoms with Crippen LogP contribution in [0, 0.1) is 19.8 Å². The minimum Gasteiger partial charge on any atom is -0.368 e. The summed E-state index contributed by atoms with van der Waals surface area (Å²) in [5.74, 6) is -1.37. The Bertz CT molecular complexity index is 1270. The summed E-state index contributed by atoms with van der Waals surface area (Å²) < 4.78 is 0. The van der Waals surface area contributed by atoms with E-state index in [9.17, 15) is 14.4 Å². The van der Waals surface area contributed by atoms with E-state index in [0.29, 0.717) is 19.3 Å². The average Bonchev–Trinajstić information content (AvgIpc) is 3.13. The van der Waals surface area contributed by atoms with Gasteiger partial charge in [-0.25, -0.2) is 0 Å². The number of hydrogen-bond acceptors (Lipinski definition) is 3. The van der Waals surface area contributed by atoms with Gasteiger partial charge in [0.1, 0.15) is 11.6 Å². The van der Waals surface area contributed by atoms with Crippen LogP contribution >= 0.6 is 0 Å². The van der Waals surface area contributed by atoms with Crippen LogP contribution in [0.15, 0.2) is 42.5 Å². The number of rotatable bonds is 7. The van der Waals surface area contributed by atoms with Crippen LogP contribution in [-0.4, -0.2) is 34.3 Å². The number of nitrogens with two attached hydrogens (primary N) is 1. The van der Waals surface area contributed by atoms with Gasteiger partial charge in [0.25, 0.3) is 0 Å². The number of aromatic nitrogens is 1. The molecule has 4 rings (SSSR count). The van der Waals surface area contributed by atoms with Crippen LogP contribution in [-0.2, 0) is 33.6 Å². The van der Waals surface area contributed by atoms with Crippen molar-refractivity contribution in [1.29, 1.82) is 0 Å². The van der Waals surface area contributed by atoms with E-state index in [0.717, 1.165) is 38.9 Å². The van der Waals surface area contributed by atoms with E-state index in [1.54, 1.807) is 0 Å². The number of benzene rings is 2. The lowest BCUT2D eigenvalue weighted by Crippen LogP contribution is -2.64. The molecule has 184 valence electrons. The third-order valence-corrected chi connectivity index (χ3v) is 6.90. The first-order valence-electron chi connectivity index (χ1n) is 12.1. The van der Waals surface area contributed by atoms with Gasteiger partial charge in [0.05, 0.1) is 6.42 Å². The third-order valence-electron chi connectivity index (χ3n) is 6.90. The highest BCUT2D eigenvalue weighted by Gasteiger charge is 2.45. The van der Waals surface area contributed by atoms with Crippen molar-refractivity contribution in [3.8, 4) is 0 Å². The fourth-order valence-electron chi connectivity index (χ4n) is 5.27. The summed E-state index contributed by atoms with van der Waals surface area (Å²) >= 11 is 0. The van der Waals surface area contributed by atoms with Crippen LogP contribution in [0.3, 0.4) is 0 Å². The molecule has 0 radical (unpaired) electrons. The Kier molecular flexibility index (Phi) is 6.70. The number of hydrogen-bond donors (Lipinski definition) is 4. The van der Waals surface area contributed by atoms with Gasteiger partial charge in [-0.3, -0.25) is 14.4 Å². The minimum atomic E-state index is -1.18. The first-order chi connectivity index (χ1) is 16.6. The van der Waals surface area contributed by atoms with Crippen molar-refractivity contribution in [2.75, 3.05) is 0 Å². The van der Waals surface area contributed by atoms with E-state index in [1.807, 2.05) is 64.1 Å². The number of para-hydroxylation sites is 1. The average molecular weight is 475 g/mol. The number of carbonyl (C=O) groups excluding carboxylic acids is 3. The molecule has 1 heterocycles. The second kappa shape index (κ2) is 9.56. The molecule has 3 aromatic rings. The Morgan fingerprint density at radius 1 is 1.09 bits per heavy atom. The zero-order chi connectivity index (χ0) is 25.3. The van der Waals surface area contributed by atoms with Gasteiger partial charge in [-0.1, -0.05) is 61.4 Å². The molecule has 1 aliphatic rings. The maximum atomic E-state index is 13.8. The summed E-state index contributed by atoms with van der Waals surface area (Å²) in [6.07, 6.45) is 1.52. The molecule has 0 saturated heterocycles.